The number of anilines is 1. The van der Waals surface area contributed by atoms with Crippen LogP contribution >= 0.6 is 11.5 Å². The molecule has 1 unspecified atom stereocenters. The van der Waals surface area contributed by atoms with E-state index in [4.69, 9.17) is 5.11 Å². The molecular formula is C9H14N4O3S. The fraction of sp³-hybridized carbons (Fsp3) is 0.556. The Kier molecular flexibility index (Phi) is 4.00. The lowest BCUT2D eigenvalue weighted by Gasteiger charge is -2.27. The molecular weight excluding hydrogens is 244 g/mol. The number of carboxylic acids is 1. The van der Waals surface area contributed by atoms with Crippen molar-refractivity contribution in [3.8, 4) is 0 Å². The first-order chi connectivity index (χ1) is 7.80. The number of carbonyl (C=O) groups excluding carboxylic acids is 1. The quantitative estimate of drug-likeness (QED) is 0.754. The molecule has 94 valence electrons. The van der Waals surface area contributed by atoms with Crippen LogP contribution in [0.15, 0.2) is 6.20 Å². The van der Waals surface area contributed by atoms with E-state index in [0.717, 1.165) is 11.5 Å². The summed E-state index contributed by atoms with van der Waals surface area (Å²) in [6, 6.07) is -1.55. The topological polar surface area (TPSA) is 104 Å². The van der Waals surface area contributed by atoms with Gasteiger partial charge in [-0.05, 0) is 5.41 Å². The maximum Gasteiger partial charge on any atom is 0.326 e. The van der Waals surface area contributed by atoms with Gasteiger partial charge in [0.05, 0.1) is 6.20 Å². The average molecular weight is 258 g/mol. The predicted octanol–water partition coefficient (Wildman–Crippen LogP) is 1.16. The molecule has 0 radical (unpaired) electrons. The van der Waals surface area contributed by atoms with Crippen LogP contribution in [-0.4, -0.2) is 32.7 Å². The second kappa shape index (κ2) is 5.09. The second-order valence-electron chi connectivity index (χ2n) is 4.52. The number of hydrogen-bond donors (Lipinski definition) is 3. The molecule has 0 fully saturated rings. The number of carboxylic acid groups (broad SMARTS) is 1. The third kappa shape index (κ3) is 3.99. The number of hydrogen-bond acceptors (Lipinski definition) is 5. The minimum absolute atomic E-state index is 0.459. The highest BCUT2D eigenvalue weighted by molar-refractivity contribution is 7.10. The fourth-order valence-electron chi connectivity index (χ4n) is 1.15. The monoisotopic (exact) mass is 258 g/mol. The van der Waals surface area contributed by atoms with E-state index in [1.54, 1.807) is 20.8 Å². The number of amides is 2. The first-order valence-corrected chi connectivity index (χ1v) is 5.65. The second-order valence-corrected chi connectivity index (χ2v) is 5.30. The largest absolute Gasteiger partial charge is 0.480 e. The van der Waals surface area contributed by atoms with Crippen molar-refractivity contribution >= 4 is 28.5 Å². The molecule has 0 aliphatic rings. The highest BCUT2D eigenvalue weighted by Crippen LogP contribution is 2.19. The zero-order valence-electron chi connectivity index (χ0n) is 9.72. The Bertz CT molecular complexity index is 399. The van der Waals surface area contributed by atoms with Gasteiger partial charge >= 0.3 is 12.0 Å². The van der Waals surface area contributed by atoms with E-state index in [9.17, 15) is 9.59 Å². The van der Waals surface area contributed by atoms with Crippen LogP contribution < -0.4 is 10.6 Å². The van der Waals surface area contributed by atoms with Crippen LogP contribution in [0.4, 0.5) is 9.80 Å². The zero-order valence-corrected chi connectivity index (χ0v) is 10.5. The van der Waals surface area contributed by atoms with Gasteiger partial charge in [0.15, 0.2) is 0 Å². The summed E-state index contributed by atoms with van der Waals surface area (Å²) in [5, 5.41) is 17.9. The number of aliphatic carboxylic acids is 1. The van der Waals surface area contributed by atoms with Gasteiger partial charge in [-0.1, -0.05) is 25.3 Å². The SMILES string of the molecule is CC(C)(C)C(NC(=O)Nc1cnns1)C(=O)O. The molecule has 1 atom stereocenters. The van der Waals surface area contributed by atoms with Crippen molar-refractivity contribution in [2.75, 3.05) is 5.32 Å². The normalized spacial score (nSPS) is 12.9. The van der Waals surface area contributed by atoms with E-state index < -0.39 is 23.5 Å². The molecule has 1 aromatic heterocycles. The number of aromatic nitrogens is 2. The Morgan fingerprint density at radius 1 is 1.47 bits per heavy atom. The third-order valence-corrected chi connectivity index (χ3v) is 2.57. The summed E-state index contributed by atoms with van der Waals surface area (Å²) in [5.41, 5.74) is -0.574. The van der Waals surface area contributed by atoms with Crippen molar-refractivity contribution in [3.63, 3.8) is 0 Å². The molecule has 0 aromatic carbocycles. The summed E-state index contributed by atoms with van der Waals surface area (Å²) in [5.74, 6) is -1.07. The zero-order chi connectivity index (χ0) is 13.1. The van der Waals surface area contributed by atoms with Crippen molar-refractivity contribution < 1.29 is 14.7 Å². The minimum Gasteiger partial charge on any atom is -0.480 e. The first kappa shape index (κ1) is 13.4. The summed E-state index contributed by atoms with van der Waals surface area (Å²) >= 11 is 1.01. The Balaban J connectivity index is 2.62. The van der Waals surface area contributed by atoms with Crippen molar-refractivity contribution in [1.82, 2.24) is 14.9 Å². The van der Waals surface area contributed by atoms with Gasteiger partial charge < -0.3 is 10.4 Å². The van der Waals surface area contributed by atoms with Crippen LogP contribution in [0.1, 0.15) is 20.8 Å². The van der Waals surface area contributed by atoms with E-state index in [1.165, 1.54) is 6.20 Å². The molecule has 8 heteroatoms. The van der Waals surface area contributed by atoms with Crippen LogP contribution in [0, 0.1) is 5.41 Å². The molecule has 1 heterocycles. The molecule has 0 aliphatic carbocycles. The fourth-order valence-corrected chi connectivity index (χ4v) is 1.56. The molecule has 0 saturated carbocycles. The van der Waals surface area contributed by atoms with Crippen molar-refractivity contribution in [3.05, 3.63) is 6.20 Å². The lowest BCUT2D eigenvalue weighted by atomic mass is 9.87. The van der Waals surface area contributed by atoms with Gasteiger partial charge in [-0.2, -0.15) is 0 Å². The molecule has 0 aliphatic heterocycles. The van der Waals surface area contributed by atoms with Crippen LogP contribution in [-0.2, 0) is 4.79 Å². The summed E-state index contributed by atoms with van der Waals surface area (Å²) < 4.78 is 3.57. The molecule has 1 rings (SSSR count). The van der Waals surface area contributed by atoms with Gasteiger partial charge in [-0.3, -0.25) is 5.32 Å². The van der Waals surface area contributed by atoms with E-state index in [0.29, 0.717) is 5.00 Å². The van der Waals surface area contributed by atoms with E-state index in [2.05, 4.69) is 20.2 Å². The van der Waals surface area contributed by atoms with Gasteiger partial charge in [0.25, 0.3) is 0 Å². The molecule has 3 N–H and O–H groups in total. The number of nitrogens with one attached hydrogen (secondary N) is 2. The Labute approximate surface area is 102 Å². The number of rotatable bonds is 3. The van der Waals surface area contributed by atoms with Crippen molar-refractivity contribution in [2.24, 2.45) is 5.41 Å². The molecule has 0 spiro atoms. The number of nitrogens with zero attached hydrogens (tertiary/aromatic N) is 2. The molecule has 1 aromatic rings. The number of urea groups is 1. The van der Waals surface area contributed by atoms with Crippen molar-refractivity contribution in [1.29, 1.82) is 0 Å². The molecule has 17 heavy (non-hydrogen) atoms. The van der Waals surface area contributed by atoms with Gasteiger partial charge in [0.2, 0.25) is 0 Å². The number of carbonyl (C=O) groups is 2. The van der Waals surface area contributed by atoms with E-state index >= 15 is 0 Å². The summed E-state index contributed by atoms with van der Waals surface area (Å²) in [4.78, 5) is 22.6. The lowest BCUT2D eigenvalue weighted by Crippen LogP contribution is -2.50. The third-order valence-electron chi connectivity index (χ3n) is 1.99. The van der Waals surface area contributed by atoms with E-state index in [1.807, 2.05) is 0 Å². The maximum atomic E-state index is 11.5. The van der Waals surface area contributed by atoms with Gasteiger partial charge in [0.1, 0.15) is 11.0 Å². The van der Waals surface area contributed by atoms with Crippen LogP contribution in [0.2, 0.25) is 0 Å². The maximum absolute atomic E-state index is 11.5. The van der Waals surface area contributed by atoms with Gasteiger partial charge in [0, 0.05) is 11.5 Å². The lowest BCUT2D eigenvalue weighted by molar-refractivity contribution is -0.141. The minimum atomic E-state index is -1.07. The molecule has 0 saturated heterocycles. The Morgan fingerprint density at radius 3 is 2.53 bits per heavy atom. The van der Waals surface area contributed by atoms with Crippen LogP contribution in [0.5, 0.6) is 0 Å². The Hall–Kier alpha value is -1.70. The molecule has 0 bridgehead atoms. The first-order valence-electron chi connectivity index (χ1n) is 4.88. The molecule has 2 amide bonds. The van der Waals surface area contributed by atoms with Crippen molar-refractivity contribution in [2.45, 2.75) is 26.8 Å². The van der Waals surface area contributed by atoms with Gasteiger partial charge in [-0.25, -0.2) is 9.59 Å². The smallest absolute Gasteiger partial charge is 0.326 e. The highest BCUT2D eigenvalue weighted by Gasteiger charge is 2.32. The summed E-state index contributed by atoms with van der Waals surface area (Å²) in [6.07, 6.45) is 1.39. The van der Waals surface area contributed by atoms with E-state index in [-0.39, 0.29) is 0 Å². The average Bonchev–Trinajstić information content (AvgIpc) is 2.64. The van der Waals surface area contributed by atoms with Crippen LogP contribution in [0.25, 0.3) is 0 Å². The highest BCUT2D eigenvalue weighted by atomic mass is 32.1. The standard InChI is InChI=1S/C9H14N4O3S/c1-9(2,3)6(7(14)15)12-8(16)11-5-4-10-13-17-5/h4,6H,1-3H3,(H,14,15)(H2,11,12,16). The van der Waals surface area contributed by atoms with Crippen LogP contribution in [0.3, 0.4) is 0 Å². The van der Waals surface area contributed by atoms with Gasteiger partial charge in [-0.15, -0.1) is 5.10 Å². The Morgan fingerprint density at radius 2 is 2.12 bits per heavy atom. The predicted molar refractivity (Wildman–Crippen MR) is 62.9 cm³/mol. The summed E-state index contributed by atoms with van der Waals surface area (Å²) in [7, 11) is 0. The molecule has 7 nitrogen and oxygen atoms in total. The summed E-state index contributed by atoms with van der Waals surface area (Å²) in [6.45, 7) is 5.21.